The largest absolute Gasteiger partial charge is 0.468 e. The molecule has 17 heavy (non-hydrogen) atoms. The first kappa shape index (κ1) is 13.1. The number of aliphatic hydroxyl groups excluding tert-OH is 1. The molecule has 0 unspecified atom stereocenters. The van der Waals surface area contributed by atoms with Crippen molar-refractivity contribution in [1.29, 1.82) is 0 Å². The molecule has 1 saturated heterocycles. The standard InChI is InChI=1S/C10H17N3O2S2/c1-2-3-4-16-10-9(12-17-13-10)15-8-6-11-5-7(8)14/h7-8,11,14H,2-6H2,1H3/t7-,8-/m1/s1. The number of β-amino-alcohol motifs (C(OH)–C–C–N with tert-alkyl or cyclic N) is 1. The molecule has 1 aliphatic heterocycles. The van der Waals surface area contributed by atoms with Crippen molar-refractivity contribution >= 4 is 23.5 Å². The summed E-state index contributed by atoms with van der Waals surface area (Å²) in [5.74, 6) is 1.60. The Kier molecular flexibility index (Phi) is 5.02. The molecule has 0 bridgehead atoms. The van der Waals surface area contributed by atoms with E-state index in [9.17, 15) is 5.11 Å². The zero-order valence-corrected chi connectivity index (χ0v) is 11.4. The van der Waals surface area contributed by atoms with Crippen molar-refractivity contribution < 1.29 is 9.84 Å². The van der Waals surface area contributed by atoms with Gasteiger partial charge in [0.1, 0.15) is 12.2 Å². The molecule has 2 N–H and O–H groups in total. The zero-order chi connectivity index (χ0) is 12.1. The van der Waals surface area contributed by atoms with Gasteiger partial charge in [0.2, 0.25) is 0 Å². The van der Waals surface area contributed by atoms with Crippen molar-refractivity contribution in [3.05, 3.63) is 0 Å². The second kappa shape index (κ2) is 6.53. The minimum atomic E-state index is -0.454. The fourth-order valence-electron chi connectivity index (χ4n) is 1.55. The van der Waals surface area contributed by atoms with Gasteiger partial charge in [0.15, 0.2) is 5.03 Å². The van der Waals surface area contributed by atoms with Crippen molar-refractivity contribution in [2.75, 3.05) is 18.8 Å². The number of aliphatic hydroxyl groups is 1. The van der Waals surface area contributed by atoms with Gasteiger partial charge >= 0.3 is 0 Å². The van der Waals surface area contributed by atoms with E-state index in [2.05, 4.69) is 21.0 Å². The normalized spacial score (nSPS) is 24.1. The topological polar surface area (TPSA) is 67.3 Å². The Morgan fingerprint density at radius 3 is 3.12 bits per heavy atom. The van der Waals surface area contributed by atoms with Crippen LogP contribution < -0.4 is 10.1 Å². The highest BCUT2D eigenvalue weighted by Crippen LogP contribution is 2.29. The van der Waals surface area contributed by atoms with Crippen LogP contribution in [-0.2, 0) is 0 Å². The lowest BCUT2D eigenvalue weighted by Gasteiger charge is -2.14. The van der Waals surface area contributed by atoms with Gasteiger partial charge in [-0.15, -0.1) is 4.37 Å². The summed E-state index contributed by atoms with van der Waals surface area (Å²) in [6.45, 7) is 3.41. The lowest BCUT2D eigenvalue weighted by atomic mass is 10.3. The second-order valence-corrected chi connectivity index (χ2v) is 5.57. The average Bonchev–Trinajstić information content (AvgIpc) is 2.91. The number of hydrogen-bond acceptors (Lipinski definition) is 7. The number of nitrogens with one attached hydrogen (secondary N) is 1. The third-order valence-electron chi connectivity index (χ3n) is 2.56. The number of thioether (sulfide) groups is 1. The van der Waals surface area contributed by atoms with Gasteiger partial charge in [0.25, 0.3) is 5.88 Å². The fraction of sp³-hybridized carbons (Fsp3) is 0.800. The van der Waals surface area contributed by atoms with E-state index < -0.39 is 6.10 Å². The van der Waals surface area contributed by atoms with Crippen molar-refractivity contribution in [2.45, 2.75) is 37.0 Å². The van der Waals surface area contributed by atoms with Gasteiger partial charge in [-0.3, -0.25) is 0 Å². The molecule has 1 aromatic rings. The molecule has 1 aliphatic rings. The van der Waals surface area contributed by atoms with Gasteiger partial charge in [0, 0.05) is 13.1 Å². The number of ether oxygens (including phenoxy) is 1. The minimum absolute atomic E-state index is 0.204. The Balaban J connectivity index is 1.89. The van der Waals surface area contributed by atoms with Crippen LogP contribution in [0.5, 0.6) is 5.88 Å². The van der Waals surface area contributed by atoms with E-state index in [0.717, 1.165) is 28.9 Å². The maximum atomic E-state index is 9.65. The molecule has 96 valence electrons. The molecule has 0 amide bonds. The van der Waals surface area contributed by atoms with E-state index in [4.69, 9.17) is 4.74 Å². The van der Waals surface area contributed by atoms with Gasteiger partial charge in [-0.05, 0) is 12.2 Å². The van der Waals surface area contributed by atoms with Crippen molar-refractivity contribution in [1.82, 2.24) is 14.1 Å². The lowest BCUT2D eigenvalue weighted by Crippen LogP contribution is -2.30. The fourth-order valence-corrected chi connectivity index (χ4v) is 3.16. The summed E-state index contributed by atoms with van der Waals surface area (Å²) >= 11 is 2.83. The van der Waals surface area contributed by atoms with Crippen molar-refractivity contribution in [3.63, 3.8) is 0 Å². The maximum absolute atomic E-state index is 9.65. The molecule has 5 nitrogen and oxygen atoms in total. The molecule has 0 saturated carbocycles. The van der Waals surface area contributed by atoms with Gasteiger partial charge in [-0.2, -0.15) is 4.37 Å². The van der Waals surface area contributed by atoms with E-state index in [-0.39, 0.29) is 6.10 Å². The predicted octanol–water partition coefficient (Wildman–Crippen LogP) is 1.14. The number of rotatable bonds is 6. The smallest absolute Gasteiger partial charge is 0.260 e. The number of aromatic nitrogens is 2. The van der Waals surface area contributed by atoms with Gasteiger partial charge in [0.05, 0.1) is 11.7 Å². The molecule has 2 rings (SSSR count). The molecule has 1 fully saturated rings. The molecule has 0 aromatic carbocycles. The Bertz CT molecular complexity index is 348. The van der Waals surface area contributed by atoms with Crippen LogP contribution in [0.15, 0.2) is 5.03 Å². The highest BCUT2D eigenvalue weighted by molar-refractivity contribution is 7.99. The number of hydrogen-bond donors (Lipinski definition) is 2. The van der Waals surface area contributed by atoms with Gasteiger partial charge < -0.3 is 15.2 Å². The Morgan fingerprint density at radius 1 is 1.53 bits per heavy atom. The highest BCUT2D eigenvalue weighted by atomic mass is 32.2. The third-order valence-corrected chi connectivity index (χ3v) is 4.22. The van der Waals surface area contributed by atoms with E-state index in [1.165, 1.54) is 6.42 Å². The zero-order valence-electron chi connectivity index (χ0n) is 9.76. The van der Waals surface area contributed by atoms with Crippen molar-refractivity contribution in [2.24, 2.45) is 0 Å². The summed E-state index contributed by atoms with van der Waals surface area (Å²) < 4.78 is 14.1. The van der Waals surface area contributed by atoms with Crippen LogP contribution in [0.3, 0.4) is 0 Å². The maximum Gasteiger partial charge on any atom is 0.260 e. The van der Waals surface area contributed by atoms with Crippen LogP contribution in [0, 0.1) is 0 Å². The lowest BCUT2D eigenvalue weighted by molar-refractivity contribution is 0.0691. The molecule has 2 heterocycles. The summed E-state index contributed by atoms with van der Waals surface area (Å²) in [7, 11) is 0. The van der Waals surface area contributed by atoms with E-state index in [1.807, 2.05) is 0 Å². The van der Waals surface area contributed by atoms with E-state index in [1.54, 1.807) is 11.8 Å². The van der Waals surface area contributed by atoms with Crippen LogP contribution in [0.1, 0.15) is 19.8 Å². The molecule has 0 aliphatic carbocycles. The van der Waals surface area contributed by atoms with Crippen LogP contribution in [0.25, 0.3) is 0 Å². The Hall–Kier alpha value is -0.370. The number of nitrogens with zero attached hydrogens (tertiary/aromatic N) is 2. The predicted molar refractivity (Wildman–Crippen MR) is 68.8 cm³/mol. The molecule has 0 spiro atoms. The van der Waals surface area contributed by atoms with Gasteiger partial charge in [-0.25, -0.2) is 0 Å². The molecule has 1 aromatic heterocycles. The van der Waals surface area contributed by atoms with Crippen LogP contribution in [0.4, 0.5) is 0 Å². The summed E-state index contributed by atoms with van der Waals surface area (Å²) in [5, 5.41) is 13.6. The summed E-state index contributed by atoms with van der Waals surface area (Å²) in [4.78, 5) is 0. The number of unbranched alkanes of at least 4 members (excludes halogenated alkanes) is 1. The first-order chi connectivity index (χ1) is 8.31. The summed E-state index contributed by atoms with van der Waals surface area (Å²) in [6, 6.07) is 0. The van der Waals surface area contributed by atoms with Gasteiger partial charge in [-0.1, -0.05) is 25.1 Å². The molecule has 0 radical (unpaired) electrons. The Labute approximate surface area is 109 Å². The molecular formula is C10H17N3O2S2. The second-order valence-electron chi connectivity index (χ2n) is 3.96. The van der Waals surface area contributed by atoms with Crippen LogP contribution >= 0.6 is 23.5 Å². The monoisotopic (exact) mass is 275 g/mol. The third kappa shape index (κ3) is 3.54. The minimum Gasteiger partial charge on any atom is -0.468 e. The average molecular weight is 275 g/mol. The van der Waals surface area contributed by atoms with Crippen molar-refractivity contribution in [3.8, 4) is 5.88 Å². The molecule has 2 atom stereocenters. The summed E-state index contributed by atoms with van der Waals surface area (Å²) in [6.07, 6.45) is 1.68. The first-order valence-corrected chi connectivity index (χ1v) is 7.53. The summed E-state index contributed by atoms with van der Waals surface area (Å²) in [5.41, 5.74) is 0. The molecule has 7 heteroatoms. The van der Waals surface area contributed by atoms with Crippen LogP contribution in [0.2, 0.25) is 0 Å². The van der Waals surface area contributed by atoms with Crippen LogP contribution in [-0.4, -0.2) is 44.9 Å². The SMILES string of the molecule is CCCCSc1nsnc1O[C@@H]1CNC[C@H]1O. The molecular weight excluding hydrogens is 258 g/mol. The first-order valence-electron chi connectivity index (χ1n) is 5.82. The van der Waals surface area contributed by atoms with E-state index in [0.29, 0.717) is 19.0 Å². The Morgan fingerprint density at radius 2 is 2.41 bits per heavy atom. The quantitative estimate of drug-likeness (QED) is 0.599. The highest BCUT2D eigenvalue weighted by Gasteiger charge is 2.28. The van der Waals surface area contributed by atoms with E-state index >= 15 is 0 Å².